The Hall–Kier alpha value is -8.61. The van der Waals surface area contributed by atoms with E-state index in [1.54, 1.807) is 24.3 Å². The number of methoxy groups -OCH3 is 3. The molecule has 5 aromatic carbocycles. The monoisotopic (exact) mass is 988 g/mol. The molecule has 380 valence electrons. The largest absolute Gasteiger partial charge is 0.496 e. The van der Waals surface area contributed by atoms with Crippen LogP contribution in [0.1, 0.15) is 75.9 Å². The standard InChI is InChI=1S/C53H60N6O13/c1-67-45-27-25-39(56-49(62)44(59-53(66)72-35-38-21-11-6-12-22-38)24-14-16-30-55-52(65)71-34-37-19-9-5-10-20-37)31-41(45)47(60)58-43(23-13-15-29-54-51(64)70-33-36-17-7-4-8-18-36)48(61)57-40-26-28-46(68-2)42(32-40)50(63)69-3/h4-12,17-22,25-28,31-32,43-44H,13-16,23-24,29-30,33-35H2,1-3H3,(H,54,64)(H,55,65)(H,56,62)(H,57,61)(H,58,60)(H,59,66)/t43-,44-/m0/s1. The van der Waals surface area contributed by atoms with Gasteiger partial charge in [-0.1, -0.05) is 91.0 Å². The zero-order chi connectivity index (χ0) is 51.5. The summed E-state index contributed by atoms with van der Waals surface area (Å²) >= 11 is 0. The zero-order valence-corrected chi connectivity index (χ0v) is 40.4. The van der Waals surface area contributed by atoms with Crippen LogP contribution >= 0.6 is 0 Å². The molecule has 19 nitrogen and oxygen atoms in total. The summed E-state index contributed by atoms with van der Waals surface area (Å²) in [6, 6.07) is 33.9. The molecule has 0 radical (unpaired) electrons. The summed E-state index contributed by atoms with van der Waals surface area (Å²) in [7, 11) is 3.95. The fourth-order valence-corrected chi connectivity index (χ4v) is 7.03. The van der Waals surface area contributed by atoms with E-state index < -0.39 is 54.1 Å². The first-order valence-electron chi connectivity index (χ1n) is 23.2. The Morgan fingerprint density at radius 2 is 0.861 bits per heavy atom. The average molecular weight is 989 g/mol. The average Bonchev–Trinajstić information content (AvgIpc) is 3.40. The number of esters is 1. The maximum Gasteiger partial charge on any atom is 0.408 e. The van der Waals surface area contributed by atoms with E-state index in [4.69, 9.17) is 28.4 Å². The number of amides is 6. The molecule has 0 aromatic heterocycles. The summed E-state index contributed by atoms with van der Waals surface area (Å²) in [6.45, 7) is 0.615. The maximum atomic E-state index is 14.1. The summed E-state index contributed by atoms with van der Waals surface area (Å²) in [5.74, 6) is -2.35. The quantitative estimate of drug-likeness (QED) is 0.0177. The van der Waals surface area contributed by atoms with Crippen LogP contribution in [-0.2, 0) is 48.4 Å². The molecular weight excluding hydrogens is 929 g/mol. The van der Waals surface area contributed by atoms with Crippen molar-refractivity contribution in [2.24, 2.45) is 0 Å². The first-order chi connectivity index (χ1) is 35.0. The van der Waals surface area contributed by atoms with Crippen LogP contribution in [0.25, 0.3) is 0 Å². The fraction of sp³-hybridized carbons (Fsp3) is 0.302. The van der Waals surface area contributed by atoms with E-state index in [9.17, 15) is 33.6 Å². The van der Waals surface area contributed by atoms with E-state index in [2.05, 4.69) is 31.9 Å². The van der Waals surface area contributed by atoms with Crippen LogP contribution in [0.5, 0.6) is 11.5 Å². The number of carbonyl (C=O) groups excluding carboxylic acids is 7. The number of rotatable bonds is 26. The van der Waals surface area contributed by atoms with E-state index in [-0.39, 0.29) is 79.8 Å². The highest BCUT2D eigenvalue weighted by Crippen LogP contribution is 2.26. The van der Waals surface area contributed by atoms with Gasteiger partial charge < -0.3 is 60.3 Å². The molecule has 19 heteroatoms. The number of hydrogen-bond acceptors (Lipinski definition) is 13. The normalized spacial score (nSPS) is 11.3. The summed E-state index contributed by atoms with van der Waals surface area (Å²) in [4.78, 5) is 92.2. The van der Waals surface area contributed by atoms with Gasteiger partial charge in [-0.15, -0.1) is 0 Å². The number of hydrogen-bond donors (Lipinski definition) is 6. The Morgan fingerprint density at radius 1 is 0.458 bits per heavy atom. The number of benzene rings is 5. The van der Waals surface area contributed by atoms with E-state index in [0.29, 0.717) is 25.7 Å². The molecule has 0 aliphatic heterocycles. The van der Waals surface area contributed by atoms with Crippen LogP contribution in [0.15, 0.2) is 127 Å². The van der Waals surface area contributed by atoms with E-state index in [0.717, 1.165) is 16.7 Å². The number of anilines is 2. The van der Waals surface area contributed by atoms with Crippen LogP contribution in [0.2, 0.25) is 0 Å². The summed E-state index contributed by atoms with van der Waals surface area (Å²) in [5, 5.41) is 16.3. The highest BCUT2D eigenvalue weighted by atomic mass is 16.6. The molecule has 0 unspecified atom stereocenters. The van der Waals surface area contributed by atoms with Gasteiger partial charge in [0.25, 0.3) is 5.91 Å². The Labute approximate surface area is 417 Å². The number of alkyl carbamates (subject to hydrolysis) is 3. The molecule has 6 N–H and O–H groups in total. The number of carbonyl (C=O) groups is 7. The summed E-state index contributed by atoms with van der Waals surface area (Å²) in [6.07, 6.45) is -0.195. The summed E-state index contributed by atoms with van der Waals surface area (Å²) in [5.41, 5.74) is 2.81. The van der Waals surface area contributed by atoms with Gasteiger partial charge >= 0.3 is 24.2 Å². The van der Waals surface area contributed by atoms with Gasteiger partial charge in [-0.2, -0.15) is 0 Å². The molecule has 0 aliphatic rings. The Balaban J connectivity index is 1.25. The van der Waals surface area contributed by atoms with Crippen LogP contribution in [0.4, 0.5) is 25.8 Å². The molecule has 0 heterocycles. The smallest absolute Gasteiger partial charge is 0.408 e. The Morgan fingerprint density at radius 3 is 1.29 bits per heavy atom. The minimum absolute atomic E-state index is 0.0367. The molecule has 72 heavy (non-hydrogen) atoms. The van der Waals surface area contributed by atoms with Gasteiger partial charge in [0.05, 0.1) is 26.9 Å². The van der Waals surface area contributed by atoms with Gasteiger partial charge in [-0.05, 0) is 91.6 Å². The molecule has 2 atom stereocenters. The molecule has 0 saturated carbocycles. The van der Waals surface area contributed by atoms with Crippen LogP contribution in [-0.4, -0.2) is 88.5 Å². The lowest BCUT2D eigenvalue weighted by Crippen LogP contribution is -2.44. The van der Waals surface area contributed by atoms with Crippen molar-refractivity contribution in [2.75, 3.05) is 45.1 Å². The number of ether oxygens (including phenoxy) is 6. The number of unbranched alkanes of at least 4 members (excludes halogenated alkanes) is 2. The van der Waals surface area contributed by atoms with Gasteiger partial charge in [-0.3, -0.25) is 14.4 Å². The van der Waals surface area contributed by atoms with Crippen molar-refractivity contribution in [1.82, 2.24) is 21.3 Å². The predicted octanol–water partition coefficient (Wildman–Crippen LogP) is 7.65. The third kappa shape index (κ3) is 18.4. The van der Waals surface area contributed by atoms with Crippen molar-refractivity contribution in [1.29, 1.82) is 0 Å². The van der Waals surface area contributed by atoms with Crippen molar-refractivity contribution in [3.8, 4) is 11.5 Å². The zero-order valence-electron chi connectivity index (χ0n) is 40.4. The minimum atomic E-state index is -1.16. The molecule has 0 bridgehead atoms. The second-order valence-corrected chi connectivity index (χ2v) is 16.1. The van der Waals surface area contributed by atoms with Gasteiger partial charge in [0.15, 0.2) is 0 Å². The Bertz CT molecular complexity index is 2570. The second-order valence-electron chi connectivity index (χ2n) is 16.1. The molecule has 5 rings (SSSR count). The van der Waals surface area contributed by atoms with Crippen molar-refractivity contribution in [2.45, 2.75) is 70.4 Å². The van der Waals surface area contributed by atoms with Gasteiger partial charge in [0.1, 0.15) is 49.0 Å². The maximum absolute atomic E-state index is 14.1. The van der Waals surface area contributed by atoms with E-state index in [1.807, 2.05) is 66.7 Å². The minimum Gasteiger partial charge on any atom is -0.496 e. The molecular formula is C53H60N6O13. The van der Waals surface area contributed by atoms with Crippen molar-refractivity contribution in [3.05, 3.63) is 155 Å². The van der Waals surface area contributed by atoms with Gasteiger partial charge in [0, 0.05) is 24.5 Å². The predicted molar refractivity (Wildman–Crippen MR) is 266 cm³/mol. The third-order valence-electron chi connectivity index (χ3n) is 10.8. The Kier molecular flexibility index (Phi) is 22.2. The third-order valence-corrected chi connectivity index (χ3v) is 10.8. The molecule has 0 fully saturated rings. The van der Waals surface area contributed by atoms with Crippen LogP contribution < -0.4 is 41.4 Å². The van der Waals surface area contributed by atoms with E-state index in [1.165, 1.54) is 57.7 Å². The van der Waals surface area contributed by atoms with Crippen LogP contribution in [0.3, 0.4) is 0 Å². The lowest BCUT2D eigenvalue weighted by atomic mass is 10.1. The summed E-state index contributed by atoms with van der Waals surface area (Å²) < 4.78 is 31.6. The van der Waals surface area contributed by atoms with Gasteiger partial charge in [-0.25, -0.2) is 19.2 Å². The topological polar surface area (TPSA) is 247 Å². The van der Waals surface area contributed by atoms with Crippen molar-refractivity contribution < 1.29 is 62.0 Å². The molecule has 6 amide bonds. The van der Waals surface area contributed by atoms with E-state index >= 15 is 0 Å². The lowest BCUT2D eigenvalue weighted by Gasteiger charge is -2.21. The highest BCUT2D eigenvalue weighted by molar-refractivity contribution is 6.04. The lowest BCUT2D eigenvalue weighted by molar-refractivity contribution is -0.118. The fourth-order valence-electron chi connectivity index (χ4n) is 7.03. The van der Waals surface area contributed by atoms with Crippen molar-refractivity contribution >= 4 is 53.3 Å². The van der Waals surface area contributed by atoms with Gasteiger partial charge in [0.2, 0.25) is 11.8 Å². The van der Waals surface area contributed by atoms with Crippen LogP contribution in [0, 0.1) is 0 Å². The molecule has 0 spiro atoms. The first-order valence-corrected chi connectivity index (χ1v) is 23.2. The first kappa shape index (κ1) is 54.3. The molecule has 0 aliphatic carbocycles. The SMILES string of the molecule is COC(=O)c1cc(NC(=O)[C@H](CCCCNC(=O)OCc2ccccc2)NC(=O)c2cc(NC(=O)[C@H](CCCCNC(=O)OCc3ccccc3)NC(=O)OCc3ccccc3)ccc2OC)ccc1OC. The molecule has 5 aromatic rings. The highest BCUT2D eigenvalue weighted by Gasteiger charge is 2.26. The second kappa shape index (κ2) is 29.4. The molecule has 0 saturated heterocycles. The number of nitrogens with one attached hydrogen (secondary N) is 6. The van der Waals surface area contributed by atoms with Crippen molar-refractivity contribution in [3.63, 3.8) is 0 Å².